The average Bonchev–Trinajstić information content (AvgIpc) is 2.26. The number of hydrogen-bond acceptors (Lipinski definition) is 5. The molecule has 0 saturated carbocycles. The van der Waals surface area contributed by atoms with Gasteiger partial charge in [-0.15, -0.1) is 0 Å². The fourth-order valence-electron chi connectivity index (χ4n) is 1.09. The normalized spacial score (nSPS) is 10.4. The first-order valence-corrected chi connectivity index (χ1v) is 4.88. The Morgan fingerprint density at radius 2 is 2.24 bits per heavy atom. The fourth-order valence-corrected chi connectivity index (χ4v) is 1.73. The molecule has 1 heterocycles. The molecule has 0 aromatic carbocycles. The summed E-state index contributed by atoms with van der Waals surface area (Å²) in [4.78, 5) is 24.2. The first kappa shape index (κ1) is 13.4. The molecule has 1 aromatic rings. The number of halogens is 3. The summed E-state index contributed by atoms with van der Waals surface area (Å²) in [5.74, 6) is -1.83. The number of nitrogens with zero attached hydrogens (tertiary/aromatic N) is 2. The van der Waals surface area contributed by atoms with E-state index in [2.05, 4.69) is 25.7 Å². The predicted octanol–water partition coefficient (Wildman–Crippen LogP) is 2.48. The van der Waals surface area contributed by atoms with Crippen LogP contribution >= 0.6 is 15.9 Å². The van der Waals surface area contributed by atoms with Crippen LogP contribution in [0.15, 0.2) is 10.7 Å². The Kier molecular flexibility index (Phi) is 4.05. The lowest BCUT2D eigenvalue weighted by atomic mass is 10.1. The molecule has 1 rings (SSSR count). The smallest absolute Gasteiger partial charge is 0.378 e. The van der Waals surface area contributed by atoms with E-state index in [1.165, 1.54) is 0 Å². The minimum atomic E-state index is -2.99. The molecule has 0 amide bonds. The molecule has 17 heavy (non-hydrogen) atoms. The maximum Gasteiger partial charge on any atom is 0.378 e. The van der Waals surface area contributed by atoms with Crippen LogP contribution in [0.25, 0.3) is 0 Å². The first-order chi connectivity index (χ1) is 7.90. The standard InChI is InChI=1S/C8H5BrF2N2O4/c1-17-8(14)4-3(6(10)11)2-12-7(5(4)9)13(15)16/h2,6H,1H3. The second-order valence-corrected chi connectivity index (χ2v) is 3.57. The predicted molar refractivity (Wildman–Crippen MR) is 54.9 cm³/mol. The summed E-state index contributed by atoms with van der Waals surface area (Å²) in [5.41, 5.74) is -1.32. The summed E-state index contributed by atoms with van der Waals surface area (Å²) in [7, 11) is 0.982. The number of aromatic nitrogens is 1. The van der Waals surface area contributed by atoms with Crippen molar-refractivity contribution in [2.45, 2.75) is 6.43 Å². The van der Waals surface area contributed by atoms with Gasteiger partial charge < -0.3 is 14.9 Å². The Balaban J connectivity index is 3.53. The largest absolute Gasteiger partial charge is 0.465 e. The van der Waals surface area contributed by atoms with E-state index in [0.717, 1.165) is 7.11 Å². The van der Waals surface area contributed by atoms with Gasteiger partial charge >= 0.3 is 11.8 Å². The summed E-state index contributed by atoms with van der Waals surface area (Å²) in [6, 6.07) is 0. The van der Waals surface area contributed by atoms with E-state index in [1.807, 2.05) is 0 Å². The van der Waals surface area contributed by atoms with E-state index in [9.17, 15) is 23.7 Å². The van der Waals surface area contributed by atoms with Crippen LogP contribution in [-0.2, 0) is 4.74 Å². The molecule has 9 heteroatoms. The number of rotatable bonds is 3. The Labute approximate surface area is 102 Å². The van der Waals surface area contributed by atoms with Gasteiger partial charge in [0.05, 0.1) is 18.2 Å². The highest BCUT2D eigenvalue weighted by Crippen LogP contribution is 2.33. The highest BCUT2D eigenvalue weighted by Gasteiger charge is 2.30. The third-order valence-electron chi connectivity index (χ3n) is 1.83. The molecule has 0 bridgehead atoms. The molecular formula is C8H5BrF2N2O4. The lowest BCUT2D eigenvalue weighted by Crippen LogP contribution is -2.10. The molecule has 0 saturated heterocycles. The van der Waals surface area contributed by atoms with Gasteiger partial charge in [0, 0.05) is 0 Å². The topological polar surface area (TPSA) is 82.3 Å². The third kappa shape index (κ3) is 2.54. The van der Waals surface area contributed by atoms with Crippen LogP contribution in [0, 0.1) is 10.1 Å². The molecule has 0 aliphatic carbocycles. The molecule has 0 unspecified atom stereocenters. The van der Waals surface area contributed by atoms with Crippen LogP contribution in [-0.4, -0.2) is 23.0 Å². The maximum atomic E-state index is 12.6. The molecule has 0 atom stereocenters. The van der Waals surface area contributed by atoms with Gasteiger partial charge in [-0.1, -0.05) is 0 Å². The Bertz CT molecular complexity index is 481. The fraction of sp³-hybridized carbons (Fsp3) is 0.250. The summed E-state index contributed by atoms with van der Waals surface area (Å²) in [6.45, 7) is 0. The summed E-state index contributed by atoms with van der Waals surface area (Å²) in [6.07, 6.45) is -2.41. The molecule has 0 fully saturated rings. The highest BCUT2D eigenvalue weighted by molar-refractivity contribution is 9.10. The highest BCUT2D eigenvalue weighted by atomic mass is 79.9. The van der Waals surface area contributed by atoms with Crippen LogP contribution < -0.4 is 0 Å². The van der Waals surface area contributed by atoms with E-state index in [1.54, 1.807) is 0 Å². The van der Waals surface area contributed by atoms with Crippen molar-refractivity contribution in [2.24, 2.45) is 0 Å². The molecule has 92 valence electrons. The number of hydrogen-bond donors (Lipinski definition) is 0. The van der Waals surface area contributed by atoms with Gasteiger partial charge in [-0.2, -0.15) is 0 Å². The molecule has 0 aliphatic rings. The zero-order chi connectivity index (χ0) is 13.2. The summed E-state index contributed by atoms with van der Waals surface area (Å²) in [5, 5.41) is 10.5. The van der Waals surface area contributed by atoms with Gasteiger partial charge in [-0.3, -0.25) is 0 Å². The van der Waals surface area contributed by atoms with Crippen LogP contribution in [0.2, 0.25) is 0 Å². The minimum Gasteiger partial charge on any atom is -0.465 e. The van der Waals surface area contributed by atoms with E-state index in [4.69, 9.17) is 0 Å². The molecule has 0 aliphatic heterocycles. The number of carbonyl (C=O) groups excluding carboxylic acids is 1. The molecular weight excluding hydrogens is 306 g/mol. The zero-order valence-electron chi connectivity index (χ0n) is 8.32. The number of carbonyl (C=O) groups is 1. The van der Waals surface area contributed by atoms with Gasteiger partial charge in [0.1, 0.15) is 10.7 Å². The van der Waals surface area contributed by atoms with Crippen molar-refractivity contribution in [1.29, 1.82) is 0 Å². The van der Waals surface area contributed by atoms with Crippen LogP contribution in [0.4, 0.5) is 14.6 Å². The summed E-state index contributed by atoms with van der Waals surface area (Å²) >= 11 is 2.70. The van der Waals surface area contributed by atoms with E-state index >= 15 is 0 Å². The number of nitro groups is 1. The number of alkyl halides is 2. The number of ether oxygens (including phenoxy) is 1. The van der Waals surface area contributed by atoms with Gasteiger partial charge in [0.25, 0.3) is 6.43 Å². The second-order valence-electron chi connectivity index (χ2n) is 2.78. The van der Waals surface area contributed by atoms with Crippen molar-refractivity contribution in [1.82, 2.24) is 4.98 Å². The van der Waals surface area contributed by atoms with Crippen molar-refractivity contribution in [3.63, 3.8) is 0 Å². The number of pyridine rings is 1. The van der Waals surface area contributed by atoms with E-state index in [0.29, 0.717) is 6.20 Å². The number of methoxy groups -OCH3 is 1. The Morgan fingerprint density at radius 3 is 2.65 bits per heavy atom. The van der Waals surface area contributed by atoms with Crippen molar-refractivity contribution in [2.75, 3.05) is 7.11 Å². The van der Waals surface area contributed by atoms with Gasteiger partial charge in [0.15, 0.2) is 0 Å². The van der Waals surface area contributed by atoms with Gasteiger partial charge in [-0.25, -0.2) is 13.6 Å². The van der Waals surface area contributed by atoms with E-state index in [-0.39, 0.29) is 0 Å². The molecule has 0 N–H and O–H groups in total. The SMILES string of the molecule is COC(=O)c1c(C(F)F)cnc([N+](=O)[O-])c1Br. The monoisotopic (exact) mass is 310 g/mol. The van der Waals surface area contributed by atoms with Gasteiger partial charge in [-0.05, 0) is 25.8 Å². The van der Waals surface area contributed by atoms with E-state index < -0.39 is 38.7 Å². The molecule has 1 aromatic heterocycles. The minimum absolute atomic E-state index is 0.424. The lowest BCUT2D eigenvalue weighted by molar-refractivity contribution is -0.390. The zero-order valence-corrected chi connectivity index (χ0v) is 9.90. The Morgan fingerprint density at radius 1 is 1.65 bits per heavy atom. The Hall–Kier alpha value is -1.64. The van der Waals surface area contributed by atoms with Crippen molar-refractivity contribution < 1.29 is 23.2 Å². The third-order valence-corrected chi connectivity index (χ3v) is 2.58. The van der Waals surface area contributed by atoms with Crippen molar-refractivity contribution >= 4 is 27.7 Å². The van der Waals surface area contributed by atoms with Gasteiger partial charge in [0.2, 0.25) is 0 Å². The lowest BCUT2D eigenvalue weighted by Gasteiger charge is -2.07. The van der Waals surface area contributed by atoms with Crippen LogP contribution in [0.5, 0.6) is 0 Å². The molecule has 0 spiro atoms. The van der Waals surface area contributed by atoms with Crippen LogP contribution in [0.1, 0.15) is 22.3 Å². The molecule has 0 radical (unpaired) electrons. The second kappa shape index (κ2) is 5.13. The summed E-state index contributed by atoms with van der Waals surface area (Å²) < 4.78 is 29.1. The van der Waals surface area contributed by atoms with Crippen molar-refractivity contribution in [3.05, 3.63) is 31.9 Å². The first-order valence-electron chi connectivity index (χ1n) is 4.09. The number of esters is 1. The molecule has 6 nitrogen and oxygen atoms in total. The average molecular weight is 311 g/mol. The quantitative estimate of drug-likeness (QED) is 0.486. The van der Waals surface area contributed by atoms with Crippen LogP contribution in [0.3, 0.4) is 0 Å². The van der Waals surface area contributed by atoms with Crippen molar-refractivity contribution in [3.8, 4) is 0 Å². The maximum absolute atomic E-state index is 12.6.